The third-order valence-corrected chi connectivity index (χ3v) is 3.35. The first-order chi connectivity index (χ1) is 10.2. The number of rotatable bonds is 7. The molecule has 0 N–H and O–H groups in total. The largest absolute Gasteiger partial charge is 0.493 e. The Morgan fingerprint density at radius 2 is 1.52 bits per heavy atom. The zero-order chi connectivity index (χ0) is 15.1. The van der Waals surface area contributed by atoms with Crippen LogP contribution in [0.2, 0.25) is 0 Å². The van der Waals surface area contributed by atoms with Crippen LogP contribution in [0.1, 0.15) is 18.1 Å². The number of methoxy groups -OCH3 is 1. The number of benzene rings is 2. The predicted octanol–water partition coefficient (Wildman–Crippen LogP) is 3.77. The maximum Gasteiger partial charge on any atom is 0.162 e. The lowest BCUT2D eigenvalue weighted by atomic mass is 10.1. The summed E-state index contributed by atoms with van der Waals surface area (Å²) < 4.78 is 11.6. The number of ether oxygens (including phenoxy) is 2. The average Bonchev–Trinajstić information content (AvgIpc) is 2.52. The van der Waals surface area contributed by atoms with E-state index in [2.05, 4.69) is 31.1 Å². The summed E-state index contributed by atoms with van der Waals surface area (Å²) in [6, 6.07) is 18.1. The van der Waals surface area contributed by atoms with Gasteiger partial charge < -0.3 is 14.4 Å². The lowest BCUT2D eigenvalue weighted by molar-refractivity contribution is 0.173. The topological polar surface area (TPSA) is 21.7 Å². The smallest absolute Gasteiger partial charge is 0.162 e. The molecule has 3 heteroatoms. The second-order valence-corrected chi connectivity index (χ2v) is 5.26. The van der Waals surface area contributed by atoms with Crippen LogP contribution in [-0.4, -0.2) is 32.6 Å². The molecule has 0 bridgehead atoms. The van der Waals surface area contributed by atoms with Gasteiger partial charge in [0.25, 0.3) is 0 Å². The molecule has 1 atom stereocenters. The van der Waals surface area contributed by atoms with Gasteiger partial charge in [0.2, 0.25) is 0 Å². The fourth-order valence-corrected chi connectivity index (χ4v) is 2.21. The van der Waals surface area contributed by atoms with Crippen molar-refractivity contribution < 1.29 is 9.47 Å². The Hall–Kier alpha value is -2.00. The number of nitrogens with zero attached hydrogens (tertiary/aromatic N) is 1. The van der Waals surface area contributed by atoms with Gasteiger partial charge in [0, 0.05) is 13.0 Å². The summed E-state index contributed by atoms with van der Waals surface area (Å²) in [5.74, 6) is 1.55. The SMILES string of the molecule is COc1ccccc1OC(CCN(C)C)c1ccccc1. The Morgan fingerprint density at radius 3 is 2.14 bits per heavy atom. The molecule has 21 heavy (non-hydrogen) atoms. The van der Waals surface area contributed by atoms with Crippen LogP contribution in [0.15, 0.2) is 54.6 Å². The van der Waals surface area contributed by atoms with Gasteiger partial charge in [-0.3, -0.25) is 0 Å². The average molecular weight is 285 g/mol. The summed E-state index contributed by atoms with van der Waals surface area (Å²) in [4.78, 5) is 2.17. The van der Waals surface area contributed by atoms with E-state index in [1.807, 2.05) is 42.5 Å². The van der Waals surface area contributed by atoms with Crippen LogP contribution < -0.4 is 9.47 Å². The van der Waals surface area contributed by atoms with E-state index >= 15 is 0 Å². The summed E-state index contributed by atoms with van der Waals surface area (Å²) in [6.45, 7) is 0.967. The molecule has 0 radical (unpaired) electrons. The van der Waals surface area contributed by atoms with Gasteiger partial charge in [0.05, 0.1) is 7.11 Å². The Kier molecular flexibility index (Phi) is 5.64. The molecule has 0 aliphatic carbocycles. The first-order valence-corrected chi connectivity index (χ1v) is 7.20. The lowest BCUT2D eigenvalue weighted by Crippen LogP contribution is -2.19. The van der Waals surface area contributed by atoms with E-state index in [1.54, 1.807) is 7.11 Å². The highest BCUT2D eigenvalue weighted by Gasteiger charge is 2.15. The number of hydrogen-bond acceptors (Lipinski definition) is 3. The quantitative estimate of drug-likeness (QED) is 0.773. The molecule has 0 saturated carbocycles. The molecule has 0 fully saturated rings. The minimum atomic E-state index is 0.0184. The van der Waals surface area contributed by atoms with E-state index in [9.17, 15) is 0 Å². The molecule has 0 spiro atoms. The van der Waals surface area contributed by atoms with Gasteiger partial charge in [-0.15, -0.1) is 0 Å². The second kappa shape index (κ2) is 7.70. The minimum absolute atomic E-state index is 0.0184. The first kappa shape index (κ1) is 15.4. The van der Waals surface area contributed by atoms with Crippen LogP contribution in [0, 0.1) is 0 Å². The minimum Gasteiger partial charge on any atom is -0.493 e. The van der Waals surface area contributed by atoms with Crippen LogP contribution >= 0.6 is 0 Å². The van der Waals surface area contributed by atoms with Crippen molar-refractivity contribution in [2.24, 2.45) is 0 Å². The van der Waals surface area contributed by atoms with E-state index in [0.717, 1.165) is 24.5 Å². The molecule has 2 rings (SSSR count). The van der Waals surface area contributed by atoms with Gasteiger partial charge in [-0.05, 0) is 31.8 Å². The maximum atomic E-state index is 6.22. The fraction of sp³-hybridized carbons (Fsp3) is 0.333. The van der Waals surface area contributed by atoms with Crippen molar-refractivity contribution in [1.82, 2.24) is 4.90 Å². The van der Waals surface area contributed by atoms with E-state index in [-0.39, 0.29) is 6.10 Å². The molecule has 0 aliphatic rings. The number of hydrogen-bond donors (Lipinski definition) is 0. The third kappa shape index (κ3) is 4.50. The Bertz CT molecular complexity index is 540. The Labute approximate surface area is 127 Å². The fourth-order valence-electron chi connectivity index (χ4n) is 2.21. The molecular formula is C18H23NO2. The van der Waals surface area contributed by atoms with Gasteiger partial charge in [-0.25, -0.2) is 0 Å². The third-order valence-electron chi connectivity index (χ3n) is 3.35. The molecule has 0 amide bonds. The van der Waals surface area contributed by atoms with Gasteiger partial charge in [0.1, 0.15) is 6.10 Å². The van der Waals surface area contributed by atoms with Crippen molar-refractivity contribution in [2.75, 3.05) is 27.7 Å². The highest BCUT2D eigenvalue weighted by molar-refractivity contribution is 5.40. The summed E-state index contributed by atoms with van der Waals surface area (Å²) >= 11 is 0. The number of para-hydroxylation sites is 2. The Balaban J connectivity index is 2.19. The predicted molar refractivity (Wildman–Crippen MR) is 86.0 cm³/mol. The van der Waals surface area contributed by atoms with E-state index in [4.69, 9.17) is 9.47 Å². The van der Waals surface area contributed by atoms with Crippen molar-refractivity contribution in [3.05, 3.63) is 60.2 Å². The summed E-state index contributed by atoms with van der Waals surface area (Å²) in [6.07, 6.45) is 0.944. The monoisotopic (exact) mass is 285 g/mol. The molecule has 2 aromatic rings. The van der Waals surface area contributed by atoms with Crippen LogP contribution in [0.5, 0.6) is 11.5 Å². The van der Waals surface area contributed by atoms with Gasteiger partial charge in [-0.2, -0.15) is 0 Å². The normalized spacial score (nSPS) is 12.2. The van der Waals surface area contributed by atoms with E-state index < -0.39 is 0 Å². The van der Waals surface area contributed by atoms with Crippen LogP contribution in [0.3, 0.4) is 0 Å². The van der Waals surface area contributed by atoms with Crippen molar-refractivity contribution in [3.63, 3.8) is 0 Å². The van der Waals surface area contributed by atoms with Crippen molar-refractivity contribution >= 4 is 0 Å². The molecule has 2 aromatic carbocycles. The van der Waals surface area contributed by atoms with Crippen molar-refractivity contribution in [1.29, 1.82) is 0 Å². The molecule has 0 aromatic heterocycles. The highest BCUT2D eigenvalue weighted by atomic mass is 16.5. The van der Waals surface area contributed by atoms with Gasteiger partial charge in [-0.1, -0.05) is 42.5 Å². The van der Waals surface area contributed by atoms with E-state index in [0.29, 0.717) is 0 Å². The van der Waals surface area contributed by atoms with Crippen molar-refractivity contribution in [2.45, 2.75) is 12.5 Å². The second-order valence-electron chi connectivity index (χ2n) is 5.26. The van der Waals surface area contributed by atoms with Crippen molar-refractivity contribution in [3.8, 4) is 11.5 Å². The summed E-state index contributed by atoms with van der Waals surface area (Å²) in [7, 11) is 5.82. The summed E-state index contributed by atoms with van der Waals surface area (Å²) in [5, 5.41) is 0. The standard InChI is InChI=1S/C18H23NO2/c1-19(2)14-13-16(15-9-5-4-6-10-15)21-18-12-8-7-11-17(18)20-3/h4-12,16H,13-14H2,1-3H3. The molecule has 0 saturated heterocycles. The zero-order valence-corrected chi connectivity index (χ0v) is 13.0. The van der Waals surface area contributed by atoms with Crippen LogP contribution in [-0.2, 0) is 0 Å². The maximum absolute atomic E-state index is 6.22. The zero-order valence-electron chi connectivity index (χ0n) is 13.0. The molecule has 112 valence electrons. The van der Waals surface area contributed by atoms with Crippen LogP contribution in [0.4, 0.5) is 0 Å². The highest BCUT2D eigenvalue weighted by Crippen LogP contribution is 2.32. The van der Waals surface area contributed by atoms with Crippen LogP contribution in [0.25, 0.3) is 0 Å². The molecule has 1 unspecified atom stereocenters. The first-order valence-electron chi connectivity index (χ1n) is 7.20. The van der Waals surface area contributed by atoms with E-state index in [1.165, 1.54) is 5.56 Å². The van der Waals surface area contributed by atoms with Gasteiger partial charge in [0.15, 0.2) is 11.5 Å². The van der Waals surface area contributed by atoms with Gasteiger partial charge >= 0.3 is 0 Å². The summed E-state index contributed by atoms with van der Waals surface area (Å²) in [5.41, 5.74) is 1.19. The molecular weight excluding hydrogens is 262 g/mol. The molecule has 3 nitrogen and oxygen atoms in total. The lowest BCUT2D eigenvalue weighted by Gasteiger charge is -2.22. The molecule has 0 heterocycles. The molecule has 0 aliphatic heterocycles. The Morgan fingerprint density at radius 1 is 0.905 bits per heavy atom.